The molecule has 3 atom stereocenters. The van der Waals surface area contributed by atoms with Crippen molar-refractivity contribution in [2.75, 3.05) is 12.0 Å². The Morgan fingerprint density at radius 2 is 1.83 bits per heavy atom. The molecule has 0 rings (SSSR count). The molecule has 0 aliphatic rings. The Morgan fingerprint density at radius 3 is 2.22 bits per heavy atom. The van der Waals surface area contributed by atoms with Crippen LogP contribution >= 0.6 is 12.4 Å². The molecule has 0 bridgehead atoms. The van der Waals surface area contributed by atoms with Crippen LogP contribution in [-0.2, 0) is 14.6 Å². The molecule has 0 fully saturated rings. The molecular formula is C11H25ClN2O3S. The minimum atomic E-state index is -2.98. The van der Waals surface area contributed by atoms with Crippen LogP contribution in [-0.4, -0.2) is 38.4 Å². The third-order valence-electron chi connectivity index (χ3n) is 2.87. The molecule has 1 amide bonds. The van der Waals surface area contributed by atoms with Crippen LogP contribution in [0.15, 0.2) is 0 Å². The predicted octanol–water partition coefficient (Wildman–Crippen LogP) is 0.721. The van der Waals surface area contributed by atoms with Crippen molar-refractivity contribution in [1.82, 2.24) is 5.32 Å². The van der Waals surface area contributed by atoms with Gasteiger partial charge >= 0.3 is 0 Å². The van der Waals surface area contributed by atoms with Crippen LogP contribution in [0.5, 0.6) is 0 Å². The van der Waals surface area contributed by atoms with E-state index in [9.17, 15) is 13.2 Å². The number of carbonyl (C=O) groups excluding carboxylic acids is 1. The number of halogens is 1. The fourth-order valence-corrected chi connectivity index (χ4v) is 2.10. The Bertz CT molecular complexity index is 346. The smallest absolute Gasteiger partial charge is 0.237 e. The molecule has 0 radical (unpaired) electrons. The third kappa shape index (κ3) is 8.72. The van der Waals surface area contributed by atoms with Gasteiger partial charge in [-0.1, -0.05) is 20.3 Å². The lowest BCUT2D eigenvalue weighted by atomic mass is 9.99. The first-order valence-electron chi connectivity index (χ1n) is 5.91. The lowest BCUT2D eigenvalue weighted by Gasteiger charge is -2.20. The van der Waals surface area contributed by atoms with Gasteiger partial charge in [0.2, 0.25) is 5.91 Å². The highest BCUT2D eigenvalue weighted by Crippen LogP contribution is 2.06. The normalized spacial score (nSPS) is 16.3. The summed E-state index contributed by atoms with van der Waals surface area (Å²) in [4.78, 5) is 11.7. The summed E-state index contributed by atoms with van der Waals surface area (Å²) in [7, 11) is -2.98. The van der Waals surface area contributed by atoms with E-state index in [1.54, 1.807) is 6.92 Å². The van der Waals surface area contributed by atoms with E-state index in [1.165, 1.54) is 6.26 Å². The Balaban J connectivity index is 0. The Morgan fingerprint density at radius 1 is 1.33 bits per heavy atom. The second-order valence-corrected chi connectivity index (χ2v) is 7.00. The van der Waals surface area contributed by atoms with Gasteiger partial charge in [-0.25, -0.2) is 8.42 Å². The minimum absolute atomic E-state index is 0. The van der Waals surface area contributed by atoms with Gasteiger partial charge in [0.1, 0.15) is 9.84 Å². The van der Waals surface area contributed by atoms with Crippen molar-refractivity contribution < 1.29 is 13.2 Å². The number of nitrogens with two attached hydrogens (primary N) is 1. The number of sulfone groups is 1. The molecule has 0 aromatic rings. The SMILES string of the molecule is CCC(C)C(N)C(=O)NC(C)CCS(C)(=O)=O.Cl. The maximum absolute atomic E-state index is 11.7. The van der Waals surface area contributed by atoms with E-state index < -0.39 is 15.9 Å². The third-order valence-corrected chi connectivity index (χ3v) is 3.85. The summed E-state index contributed by atoms with van der Waals surface area (Å²) in [5.74, 6) is -0.00928. The Labute approximate surface area is 116 Å². The van der Waals surface area contributed by atoms with E-state index >= 15 is 0 Å². The Kier molecular flexibility index (Phi) is 9.68. The number of carbonyl (C=O) groups is 1. The highest BCUT2D eigenvalue weighted by molar-refractivity contribution is 7.90. The highest BCUT2D eigenvalue weighted by Gasteiger charge is 2.20. The summed E-state index contributed by atoms with van der Waals surface area (Å²) in [6, 6.07) is -0.701. The standard InChI is InChI=1S/C11H24N2O3S.ClH/c1-5-8(2)10(12)11(14)13-9(3)6-7-17(4,15)16;/h8-10H,5-7,12H2,1-4H3,(H,13,14);1H. The molecule has 0 aromatic carbocycles. The molecule has 0 aliphatic heterocycles. The molecule has 7 heteroatoms. The van der Waals surface area contributed by atoms with Gasteiger partial charge < -0.3 is 11.1 Å². The zero-order valence-corrected chi connectivity index (χ0v) is 13.1. The monoisotopic (exact) mass is 300 g/mol. The summed E-state index contributed by atoms with van der Waals surface area (Å²) >= 11 is 0. The maximum Gasteiger partial charge on any atom is 0.237 e. The summed E-state index contributed by atoms with van der Waals surface area (Å²) in [6.45, 7) is 5.68. The minimum Gasteiger partial charge on any atom is -0.352 e. The van der Waals surface area contributed by atoms with Crippen LogP contribution in [0, 0.1) is 5.92 Å². The van der Waals surface area contributed by atoms with E-state index in [-0.39, 0.29) is 36.0 Å². The molecule has 3 N–H and O–H groups in total. The predicted molar refractivity (Wildman–Crippen MR) is 76.6 cm³/mol. The van der Waals surface area contributed by atoms with Crippen molar-refractivity contribution in [3.63, 3.8) is 0 Å². The summed E-state index contributed by atoms with van der Waals surface area (Å²) in [5, 5.41) is 2.74. The molecule has 3 unspecified atom stereocenters. The number of amides is 1. The van der Waals surface area contributed by atoms with E-state index in [0.717, 1.165) is 6.42 Å². The molecule has 0 aromatic heterocycles. The van der Waals surface area contributed by atoms with E-state index in [4.69, 9.17) is 5.73 Å². The first-order valence-corrected chi connectivity index (χ1v) is 7.97. The molecule has 0 saturated heterocycles. The second kappa shape index (κ2) is 8.72. The van der Waals surface area contributed by atoms with Gasteiger partial charge in [-0.15, -0.1) is 12.4 Å². The average molecular weight is 301 g/mol. The van der Waals surface area contributed by atoms with E-state index in [2.05, 4.69) is 5.32 Å². The molecule has 5 nitrogen and oxygen atoms in total. The molecule has 18 heavy (non-hydrogen) atoms. The fraction of sp³-hybridized carbons (Fsp3) is 0.909. The number of rotatable bonds is 7. The zero-order valence-electron chi connectivity index (χ0n) is 11.5. The molecule has 0 spiro atoms. The van der Waals surface area contributed by atoms with E-state index in [1.807, 2.05) is 13.8 Å². The van der Waals surface area contributed by atoms with Crippen LogP contribution in [0.4, 0.5) is 0 Å². The van der Waals surface area contributed by atoms with Crippen molar-refractivity contribution in [2.45, 2.75) is 45.7 Å². The lowest BCUT2D eigenvalue weighted by Crippen LogP contribution is -2.47. The van der Waals surface area contributed by atoms with Gasteiger partial charge in [-0.05, 0) is 19.3 Å². The van der Waals surface area contributed by atoms with Gasteiger partial charge in [0.05, 0.1) is 11.8 Å². The molecule has 110 valence electrons. The van der Waals surface area contributed by atoms with Crippen molar-refractivity contribution >= 4 is 28.2 Å². The maximum atomic E-state index is 11.7. The molecular weight excluding hydrogens is 276 g/mol. The summed E-state index contributed by atoms with van der Waals surface area (Å²) in [6.07, 6.45) is 2.44. The quantitative estimate of drug-likeness (QED) is 0.725. The van der Waals surface area contributed by atoms with Gasteiger partial charge in [-0.2, -0.15) is 0 Å². The van der Waals surface area contributed by atoms with Crippen molar-refractivity contribution in [3.8, 4) is 0 Å². The number of hydrogen-bond acceptors (Lipinski definition) is 4. The number of nitrogens with one attached hydrogen (secondary N) is 1. The van der Waals surface area contributed by atoms with Gasteiger partial charge in [0.15, 0.2) is 0 Å². The average Bonchev–Trinajstić information content (AvgIpc) is 2.23. The van der Waals surface area contributed by atoms with Gasteiger partial charge in [0, 0.05) is 12.3 Å². The topological polar surface area (TPSA) is 89.3 Å². The van der Waals surface area contributed by atoms with Gasteiger partial charge in [0.25, 0.3) is 0 Å². The first kappa shape index (κ1) is 20.0. The van der Waals surface area contributed by atoms with Crippen LogP contribution in [0.2, 0.25) is 0 Å². The Hall–Kier alpha value is -0.330. The largest absolute Gasteiger partial charge is 0.352 e. The zero-order chi connectivity index (χ0) is 13.6. The second-order valence-electron chi connectivity index (χ2n) is 4.74. The van der Waals surface area contributed by atoms with E-state index in [0.29, 0.717) is 6.42 Å². The first-order chi connectivity index (χ1) is 7.67. The molecule has 0 heterocycles. The van der Waals surface area contributed by atoms with Crippen LogP contribution in [0.25, 0.3) is 0 Å². The summed E-state index contributed by atoms with van der Waals surface area (Å²) < 4.78 is 21.9. The van der Waals surface area contributed by atoms with Crippen molar-refractivity contribution in [1.29, 1.82) is 0 Å². The van der Waals surface area contributed by atoms with Crippen LogP contribution in [0.3, 0.4) is 0 Å². The van der Waals surface area contributed by atoms with Gasteiger partial charge in [-0.3, -0.25) is 4.79 Å². The van der Waals surface area contributed by atoms with Crippen LogP contribution < -0.4 is 11.1 Å². The van der Waals surface area contributed by atoms with Crippen molar-refractivity contribution in [2.24, 2.45) is 11.7 Å². The molecule has 0 aliphatic carbocycles. The summed E-state index contributed by atoms with van der Waals surface area (Å²) in [5.41, 5.74) is 5.77. The lowest BCUT2D eigenvalue weighted by molar-refractivity contribution is -0.124. The number of hydrogen-bond donors (Lipinski definition) is 2. The van der Waals surface area contributed by atoms with Crippen molar-refractivity contribution in [3.05, 3.63) is 0 Å². The highest BCUT2D eigenvalue weighted by atomic mass is 35.5. The van der Waals surface area contributed by atoms with Crippen LogP contribution in [0.1, 0.15) is 33.6 Å². The fourth-order valence-electron chi connectivity index (χ4n) is 1.31. The molecule has 0 saturated carbocycles.